The number of ether oxygens (including phenoxy) is 2. The molecule has 5 rings (SSSR count). The molecule has 2 aliphatic rings. The lowest BCUT2D eigenvalue weighted by Crippen LogP contribution is -2.53. The molecule has 0 saturated carbocycles. The summed E-state index contributed by atoms with van der Waals surface area (Å²) in [5.41, 5.74) is 1.52. The van der Waals surface area contributed by atoms with E-state index < -0.39 is 5.60 Å². The highest BCUT2D eigenvalue weighted by Crippen LogP contribution is 2.44. The number of nitrogens with zero attached hydrogens (tertiary/aromatic N) is 4. The van der Waals surface area contributed by atoms with E-state index in [1.807, 2.05) is 19.9 Å². The Bertz CT molecular complexity index is 1290. The van der Waals surface area contributed by atoms with Crippen LogP contribution in [0.3, 0.4) is 0 Å². The predicted molar refractivity (Wildman–Crippen MR) is 144 cm³/mol. The molecule has 2 aliphatic heterocycles. The molecule has 0 radical (unpaired) electrons. The van der Waals surface area contributed by atoms with E-state index in [9.17, 15) is 9.18 Å². The average Bonchev–Trinajstić information content (AvgIpc) is 3.25. The van der Waals surface area contributed by atoms with Crippen LogP contribution in [-0.2, 0) is 4.74 Å². The fourth-order valence-corrected chi connectivity index (χ4v) is 5.26. The number of anilines is 3. The first kappa shape index (κ1) is 26.6. The third kappa shape index (κ3) is 4.92. The Morgan fingerprint density at radius 3 is 2.78 bits per heavy atom. The number of carbonyl (C=O) groups excluding carboxylic acids is 1. The molecule has 2 unspecified atom stereocenters. The van der Waals surface area contributed by atoms with Gasteiger partial charge in [0.05, 0.1) is 30.5 Å². The molecule has 0 aliphatic carbocycles. The van der Waals surface area contributed by atoms with Crippen molar-refractivity contribution in [1.82, 2.24) is 14.9 Å². The maximum atomic E-state index is 14.7. The lowest BCUT2D eigenvalue weighted by Gasteiger charge is -2.42. The zero-order chi connectivity index (χ0) is 26.7. The molecule has 1 aromatic heterocycles. The normalized spacial score (nSPS) is 21.5. The summed E-state index contributed by atoms with van der Waals surface area (Å²) in [6, 6.07) is 8.75. The summed E-state index contributed by atoms with van der Waals surface area (Å²) in [7, 11) is 3.66. The van der Waals surface area contributed by atoms with Gasteiger partial charge in [-0.25, -0.2) is 19.2 Å². The minimum Gasteiger partial charge on any atom is -0.494 e. The van der Waals surface area contributed by atoms with Crippen LogP contribution in [0.1, 0.15) is 39.2 Å². The molecule has 9 heteroatoms. The number of halogens is 1. The molecule has 37 heavy (non-hydrogen) atoms. The highest BCUT2D eigenvalue weighted by atomic mass is 19.1. The molecule has 3 aromatic rings. The van der Waals surface area contributed by atoms with Gasteiger partial charge in [0.15, 0.2) is 0 Å². The molecule has 2 aromatic carbocycles. The number of carbonyl (C=O) groups is 1. The Morgan fingerprint density at radius 2 is 2.05 bits per heavy atom. The van der Waals surface area contributed by atoms with E-state index in [0.29, 0.717) is 46.0 Å². The van der Waals surface area contributed by atoms with Crippen LogP contribution in [0.2, 0.25) is 0 Å². The Balaban J connectivity index is 0.00000156. The summed E-state index contributed by atoms with van der Waals surface area (Å²) in [6.07, 6.45) is 2.73. The monoisotopic (exact) mass is 509 g/mol. The molecule has 2 saturated heterocycles. The third-order valence-electron chi connectivity index (χ3n) is 7.29. The number of rotatable bonds is 5. The van der Waals surface area contributed by atoms with E-state index in [1.54, 1.807) is 43.2 Å². The van der Waals surface area contributed by atoms with Gasteiger partial charge in [0, 0.05) is 36.9 Å². The molecule has 2 fully saturated rings. The summed E-state index contributed by atoms with van der Waals surface area (Å²) < 4.78 is 26.4. The van der Waals surface area contributed by atoms with Crippen LogP contribution in [0.5, 0.6) is 5.75 Å². The van der Waals surface area contributed by atoms with E-state index in [2.05, 4.69) is 34.2 Å². The van der Waals surface area contributed by atoms with Crippen LogP contribution >= 0.6 is 0 Å². The van der Waals surface area contributed by atoms with E-state index >= 15 is 0 Å². The molecular weight excluding hydrogens is 473 g/mol. The summed E-state index contributed by atoms with van der Waals surface area (Å²) in [5.74, 6) is 0.854. The summed E-state index contributed by atoms with van der Waals surface area (Å²) >= 11 is 0. The van der Waals surface area contributed by atoms with E-state index in [-0.39, 0.29) is 17.8 Å². The molecule has 1 amide bonds. The average molecular weight is 510 g/mol. The molecule has 8 nitrogen and oxygen atoms in total. The van der Waals surface area contributed by atoms with Gasteiger partial charge in [-0.3, -0.25) is 4.90 Å². The van der Waals surface area contributed by atoms with Crippen molar-refractivity contribution in [3.8, 4) is 5.75 Å². The van der Waals surface area contributed by atoms with Gasteiger partial charge in [0.1, 0.15) is 29.3 Å². The highest BCUT2D eigenvalue weighted by Gasteiger charge is 2.52. The first-order valence-corrected chi connectivity index (χ1v) is 12.9. The third-order valence-corrected chi connectivity index (χ3v) is 7.29. The SMILES string of the molecule is CC.CCC1CN(C)CCC12CN(c1cc3c(Nc4cccc(C)c4F)ncnc3cc1OC)C(=O)O2. The second kappa shape index (κ2) is 10.9. The number of hydrogen-bond acceptors (Lipinski definition) is 7. The van der Waals surface area contributed by atoms with Crippen molar-refractivity contribution in [1.29, 1.82) is 0 Å². The first-order chi connectivity index (χ1) is 17.8. The van der Waals surface area contributed by atoms with Gasteiger partial charge < -0.3 is 19.7 Å². The molecule has 2 atom stereocenters. The van der Waals surface area contributed by atoms with E-state index in [1.165, 1.54) is 6.33 Å². The molecule has 1 spiro atoms. The zero-order valence-electron chi connectivity index (χ0n) is 22.5. The molecule has 3 heterocycles. The molecule has 198 valence electrons. The maximum absolute atomic E-state index is 14.7. The minimum atomic E-state index is -0.530. The van der Waals surface area contributed by atoms with Gasteiger partial charge in [0.25, 0.3) is 0 Å². The van der Waals surface area contributed by atoms with Gasteiger partial charge in [-0.05, 0) is 38.1 Å². The Labute approximate surface area is 217 Å². The fourth-order valence-electron chi connectivity index (χ4n) is 5.26. The smallest absolute Gasteiger partial charge is 0.415 e. The standard InChI is InChI=1S/C26H30FN5O3.C2H6/c1-5-17-13-31(3)10-9-26(17)14-32(25(33)35-26)21-11-18-20(12-22(21)34-4)28-15-29-24(18)30-19-8-6-7-16(2)23(19)27;1-2/h6-8,11-12,15,17H,5,9-10,13-14H2,1-4H3,(H,28,29,30);1-2H3. The van der Waals surface area contributed by atoms with Crippen molar-refractivity contribution >= 4 is 34.2 Å². The van der Waals surface area contributed by atoms with Crippen LogP contribution < -0.4 is 15.0 Å². The number of aromatic nitrogens is 2. The summed E-state index contributed by atoms with van der Waals surface area (Å²) in [5, 5.41) is 3.74. The molecule has 0 bridgehead atoms. The van der Waals surface area contributed by atoms with Crippen molar-refractivity contribution in [3.05, 3.63) is 48.0 Å². The lowest BCUT2D eigenvalue weighted by molar-refractivity contribution is -0.0437. The maximum Gasteiger partial charge on any atom is 0.415 e. The van der Waals surface area contributed by atoms with Gasteiger partial charge in [-0.2, -0.15) is 0 Å². The predicted octanol–water partition coefficient (Wildman–Crippen LogP) is 5.91. The van der Waals surface area contributed by atoms with Crippen LogP contribution in [0.4, 0.5) is 26.4 Å². The van der Waals surface area contributed by atoms with E-state index in [0.717, 1.165) is 25.9 Å². The van der Waals surface area contributed by atoms with Crippen LogP contribution in [0.15, 0.2) is 36.7 Å². The Hall–Kier alpha value is -3.46. The van der Waals surface area contributed by atoms with Crippen molar-refractivity contribution < 1.29 is 18.7 Å². The molecular formula is C28H36FN5O3. The number of piperidine rings is 1. The number of nitrogens with one attached hydrogen (secondary N) is 1. The lowest BCUT2D eigenvalue weighted by atomic mass is 9.79. The van der Waals surface area contributed by atoms with Gasteiger partial charge in [-0.15, -0.1) is 0 Å². The number of aryl methyl sites for hydroxylation is 1. The number of likely N-dealkylation sites (tertiary alicyclic amines) is 1. The van der Waals surface area contributed by atoms with Crippen molar-refractivity contribution in [2.24, 2.45) is 5.92 Å². The first-order valence-electron chi connectivity index (χ1n) is 12.9. The Morgan fingerprint density at radius 1 is 1.27 bits per heavy atom. The van der Waals surface area contributed by atoms with Crippen LogP contribution in [-0.4, -0.2) is 60.4 Å². The second-order valence-electron chi connectivity index (χ2n) is 9.46. The second-order valence-corrected chi connectivity index (χ2v) is 9.46. The van der Waals surface area contributed by atoms with Crippen molar-refractivity contribution in [3.63, 3.8) is 0 Å². The summed E-state index contributed by atoms with van der Waals surface area (Å²) in [6.45, 7) is 10.1. The highest BCUT2D eigenvalue weighted by molar-refractivity contribution is 6.00. The summed E-state index contributed by atoms with van der Waals surface area (Å²) in [4.78, 5) is 25.9. The quantitative estimate of drug-likeness (QED) is 0.458. The van der Waals surface area contributed by atoms with Crippen LogP contribution in [0, 0.1) is 18.7 Å². The van der Waals surface area contributed by atoms with Crippen molar-refractivity contribution in [2.45, 2.75) is 46.1 Å². The van der Waals surface area contributed by atoms with Crippen LogP contribution in [0.25, 0.3) is 10.9 Å². The zero-order valence-corrected chi connectivity index (χ0v) is 22.5. The fraction of sp³-hybridized carbons (Fsp3) is 0.464. The number of hydrogen-bond donors (Lipinski definition) is 1. The van der Waals surface area contributed by atoms with Gasteiger partial charge >= 0.3 is 6.09 Å². The van der Waals surface area contributed by atoms with Gasteiger partial charge in [0.2, 0.25) is 0 Å². The molecule has 1 N–H and O–H groups in total. The largest absolute Gasteiger partial charge is 0.494 e. The minimum absolute atomic E-state index is 0.242. The van der Waals surface area contributed by atoms with E-state index in [4.69, 9.17) is 9.47 Å². The van der Waals surface area contributed by atoms with Crippen molar-refractivity contribution in [2.75, 3.05) is 44.0 Å². The number of amides is 1. The van der Waals surface area contributed by atoms with Gasteiger partial charge in [-0.1, -0.05) is 32.9 Å². The number of methoxy groups -OCH3 is 1. The number of fused-ring (bicyclic) bond motifs is 1. The Kier molecular flexibility index (Phi) is 7.82. The topological polar surface area (TPSA) is 79.8 Å². The number of benzene rings is 2.